The molecule has 1 nitrogen and oxygen atoms in total. The number of halogens is 1. The Hall–Kier alpha value is -1.44. The first-order valence-electron chi connectivity index (χ1n) is 4.59. The molecule has 0 saturated heterocycles. The van der Waals surface area contributed by atoms with Crippen LogP contribution in [0.3, 0.4) is 0 Å². The smallest absolute Gasteiger partial charge is 0.166 e. The summed E-state index contributed by atoms with van der Waals surface area (Å²) >= 11 is 0. The Bertz CT molecular complexity index is 338. The molecule has 0 heterocycles. The van der Waals surface area contributed by atoms with E-state index in [1.807, 2.05) is 6.92 Å². The number of carbonyl (C=O) groups excluding carboxylic acids is 1. The van der Waals surface area contributed by atoms with Crippen LogP contribution in [0.25, 0.3) is 0 Å². The van der Waals surface area contributed by atoms with Crippen LogP contribution in [0, 0.1) is 5.82 Å². The largest absolute Gasteiger partial charge is 0.294 e. The predicted molar refractivity (Wildman–Crippen MR) is 54.8 cm³/mol. The van der Waals surface area contributed by atoms with Gasteiger partial charge in [0.05, 0.1) is 0 Å². The van der Waals surface area contributed by atoms with Crippen LogP contribution in [-0.4, -0.2) is 5.78 Å². The second-order valence-corrected chi connectivity index (χ2v) is 3.21. The molecule has 0 aliphatic carbocycles. The van der Waals surface area contributed by atoms with Crippen molar-refractivity contribution in [3.8, 4) is 0 Å². The van der Waals surface area contributed by atoms with Crippen LogP contribution >= 0.6 is 0 Å². The second-order valence-electron chi connectivity index (χ2n) is 3.21. The van der Waals surface area contributed by atoms with Gasteiger partial charge in [0, 0.05) is 12.0 Å². The van der Waals surface area contributed by atoms with Crippen molar-refractivity contribution in [3.63, 3.8) is 0 Å². The topological polar surface area (TPSA) is 17.1 Å². The average Bonchev–Trinajstić information content (AvgIpc) is 2.18. The van der Waals surface area contributed by atoms with Gasteiger partial charge in [0.2, 0.25) is 0 Å². The van der Waals surface area contributed by atoms with E-state index in [9.17, 15) is 9.18 Å². The summed E-state index contributed by atoms with van der Waals surface area (Å²) in [6.07, 6.45) is 1.15. The zero-order valence-electron chi connectivity index (χ0n) is 8.22. The summed E-state index contributed by atoms with van der Waals surface area (Å²) in [5, 5.41) is 0. The molecule has 0 spiro atoms. The molecule has 0 aliphatic rings. The van der Waals surface area contributed by atoms with E-state index < -0.39 is 0 Å². The fourth-order valence-corrected chi connectivity index (χ4v) is 1.09. The van der Waals surface area contributed by atoms with Crippen molar-refractivity contribution in [2.45, 2.75) is 19.8 Å². The Labute approximate surface area is 83.3 Å². The van der Waals surface area contributed by atoms with Crippen LogP contribution in [0.15, 0.2) is 36.4 Å². The zero-order valence-corrected chi connectivity index (χ0v) is 8.22. The molecule has 0 radical (unpaired) electrons. The van der Waals surface area contributed by atoms with Crippen molar-refractivity contribution >= 4 is 5.78 Å². The standard InChI is InChI=1S/C12H13FO/c1-3-9(2)8-12(14)10-4-6-11(13)7-5-10/h4-7H,2-3,8H2,1H3. The van der Waals surface area contributed by atoms with Crippen molar-refractivity contribution in [1.82, 2.24) is 0 Å². The van der Waals surface area contributed by atoms with Gasteiger partial charge >= 0.3 is 0 Å². The first-order valence-corrected chi connectivity index (χ1v) is 4.59. The minimum Gasteiger partial charge on any atom is -0.294 e. The van der Waals surface area contributed by atoms with Crippen LogP contribution < -0.4 is 0 Å². The maximum atomic E-state index is 12.5. The van der Waals surface area contributed by atoms with E-state index in [4.69, 9.17) is 0 Å². The van der Waals surface area contributed by atoms with Crippen LogP contribution in [0.1, 0.15) is 30.1 Å². The molecule has 0 N–H and O–H groups in total. The molecular formula is C12H13FO. The molecule has 14 heavy (non-hydrogen) atoms. The fraction of sp³-hybridized carbons (Fsp3) is 0.250. The Balaban J connectivity index is 2.70. The number of rotatable bonds is 4. The third-order valence-electron chi connectivity index (χ3n) is 2.08. The molecule has 0 fully saturated rings. The summed E-state index contributed by atoms with van der Waals surface area (Å²) in [7, 11) is 0. The van der Waals surface area contributed by atoms with E-state index in [-0.39, 0.29) is 11.6 Å². The van der Waals surface area contributed by atoms with Crippen LogP contribution in [0.2, 0.25) is 0 Å². The molecule has 0 amide bonds. The molecule has 0 atom stereocenters. The Kier molecular flexibility index (Phi) is 3.57. The summed E-state index contributed by atoms with van der Waals surface area (Å²) in [4.78, 5) is 11.5. The summed E-state index contributed by atoms with van der Waals surface area (Å²) in [5.41, 5.74) is 1.44. The average molecular weight is 192 g/mol. The number of benzene rings is 1. The van der Waals surface area contributed by atoms with Crippen molar-refractivity contribution in [2.24, 2.45) is 0 Å². The SMILES string of the molecule is C=C(CC)CC(=O)c1ccc(F)cc1. The number of hydrogen-bond acceptors (Lipinski definition) is 1. The van der Waals surface area contributed by atoms with Gasteiger partial charge < -0.3 is 0 Å². The molecule has 74 valence electrons. The minimum absolute atomic E-state index is 0.00292. The van der Waals surface area contributed by atoms with Crippen LogP contribution in [0.5, 0.6) is 0 Å². The van der Waals surface area contributed by atoms with Crippen molar-refractivity contribution in [1.29, 1.82) is 0 Å². The van der Waals surface area contributed by atoms with E-state index in [0.29, 0.717) is 12.0 Å². The lowest BCUT2D eigenvalue weighted by Crippen LogP contribution is -1.99. The molecular weight excluding hydrogens is 179 g/mol. The lowest BCUT2D eigenvalue weighted by atomic mass is 10.0. The highest BCUT2D eigenvalue weighted by molar-refractivity contribution is 5.97. The quantitative estimate of drug-likeness (QED) is 0.528. The molecule has 0 aliphatic heterocycles. The number of Topliss-reactive ketones (excluding diaryl/α,β-unsaturated/α-hetero) is 1. The first-order chi connectivity index (χ1) is 6.63. The summed E-state index contributed by atoms with van der Waals surface area (Å²) in [5.74, 6) is -0.326. The molecule has 1 rings (SSSR count). The molecule has 1 aromatic carbocycles. The number of hydrogen-bond donors (Lipinski definition) is 0. The molecule has 2 heteroatoms. The Morgan fingerprint density at radius 2 is 1.93 bits per heavy atom. The van der Waals surface area contributed by atoms with E-state index >= 15 is 0 Å². The molecule has 0 unspecified atom stereocenters. The monoisotopic (exact) mass is 192 g/mol. The van der Waals surface area contributed by atoms with E-state index in [1.54, 1.807) is 0 Å². The molecule has 0 bridgehead atoms. The highest BCUT2D eigenvalue weighted by Gasteiger charge is 2.06. The number of ketones is 1. The fourth-order valence-electron chi connectivity index (χ4n) is 1.09. The minimum atomic E-state index is -0.323. The maximum absolute atomic E-state index is 12.5. The van der Waals surface area contributed by atoms with Crippen molar-refractivity contribution in [3.05, 3.63) is 47.8 Å². The highest BCUT2D eigenvalue weighted by atomic mass is 19.1. The van der Waals surface area contributed by atoms with Gasteiger partial charge in [0.25, 0.3) is 0 Å². The van der Waals surface area contributed by atoms with Gasteiger partial charge in [-0.1, -0.05) is 19.1 Å². The molecule has 0 saturated carbocycles. The number of carbonyl (C=O) groups is 1. The summed E-state index contributed by atoms with van der Waals surface area (Å²) < 4.78 is 12.5. The van der Waals surface area contributed by atoms with Gasteiger partial charge in [-0.25, -0.2) is 4.39 Å². The lowest BCUT2D eigenvalue weighted by Gasteiger charge is -2.01. The summed E-state index contributed by atoms with van der Waals surface area (Å²) in [6, 6.07) is 5.59. The van der Waals surface area contributed by atoms with E-state index in [2.05, 4.69) is 6.58 Å². The summed E-state index contributed by atoms with van der Waals surface area (Å²) in [6.45, 7) is 5.72. The lowest BCUT2D eigenvalue weighted by molar-refractivity contribution is 0.0992. The highest BCUT2D eigenvalue weighted by Crippen LogP contribution is 2.11. The Morgan fingerprint density at radius 3 is 2.43 bits per heavy atom. The van der Waals surface area contributed by atoms with Crippen LogP contribution in [0.4, 0.5) is 4.39 Å². The van der Waals surface area contributed by atoms with Gasteiger partial charge in [0.15, 0.2) is 5.78 Å². The normalized spacial score (nSPS) is 9.86. The second kappa shape index (κ2) is 4.70. The third kappa shape index (κ3) is 2.80. The number of allylic oxidation sites excluding steroid dienone is 1. The first kappa shape index (κ1) is 10.6. The van der Waals surface area contributed by atoms with Gasteiger partial charge in [-0.05, 0) is 30.7 Å². The van der Waals surface area contributed by atoms with Gasteiger partial charge in [-0.3, -0.25) is 4.79 Å². The Morgan fingerprint density at radius 1 is 1.36 bits per heavy atom. The van der Waals surface area contributed by atoms with Crippen molar-refractivity contribution < 1.29 is 9.18 Å². The molecule has 1 aromatic rings. The van der Waals surface area contributed by atoms with Gasteiger partial charge in [-0.2, -0.15) is 0 Å². The van der Waals surface area contributed by atoms with E-state index in [1.165, 1.54) is 24.3 Å². The van der Waals surface area contributed by atoms with E-state index in [0.717, 1.165) is 12.0 Å². The van der Waals surface area contributed by atoms with Crippen LogP contribution in [-0.2, 0) is 0 Å². The maximum Gasteiger partial charge on any atom is 0.166 e. The zero-order chi connectivity index (χ0) is 10.6. The van der Waals surface area contributed by atoms with Crippen molar-refractivity contribution in [2.75, 3.05) is 0 Å². The van der Waals surface area contributed by atoms with Gasteiger partial charge in [0.1, 0.15) is 5.82 Å². The predicted octanol–water partition coefficient (Wildman–Crippen LogP) is 3.36. The molecule has 0 aromatic heterocycles. The third-order valence-corrected chi connectivity index (χ3v) is 2.08. The van der Waals surface area contributed by atoms with Gasteiger partial charge in [-0.15, -0.1) is 0 Å².